The van der Waals surface area contributed by atoms with Crippen LogP contribution in [0.2, 0.25) is 5.02 Å². The predicted molar refractivity (Wildman–Crippen MR) is 113 cm³/mol. The van der Waals surface area contributed by atoms with E-state index in [2.05, 4.69) is 4.74 Å². The SMILES string of the molecule is NCC1(c2ccccc2)Cc2c(cc(F)c(Cl)c2-c2c(C(N)=O)ccc(OC(F)F)c2F)O1. The molecular formula is C23H17ClF4N2O3. The number of hydrogen-bond donors (Lipinski definition) is 2. The topological polar surface area (TPSA) is 87.6 Å². The van der Waals surface area contributed by atoms with Gasteiger partial charge in [-0.2, -0.15) is 8.78 Å². The van der Waals surface area contributed by atoms with Crippen molar-refractivity contribution in [2.24, 2.45) is 11.5 Å². The zero-order valence-corrected chi connectivity index (χ0v) is 17.6. The van der Waals surface area contributed by atoms with Crippen molar-refractivity contribution < 1.29 is 31.8 Å². The highest BCUT2D eigenvalue weighted by Crippen LogP contribution is 2.50. The Kier molecular flexibility index (Phi) is 5.94. The van der Waals surface area contributed by atoms with Gasteiger partial charge in [0.15, 0.2) is 17.2 Å². The first-order chi connectivity index (χ1) is 15.7. The Labute approximate surface area is 190 Å². The number of hydrogen-bond acceptors (Lipinski definition) is 4. The molecule has 4 N–H and O–H groups in total. The van der Waals surface area contributed by atoms with Crippen LogP contribution in [0.4, 0.5) is 17.6 Å². The monoisotopic (exact) mass is 480 g/mol. The molecule has 0 saturated carbocycles. The van der Waals surface area contributed by atoms with Crippen LogP contribution in [0.5, 0.6) is 11.5 Å². The molecule has 172 valence electrons. The first-order valence-corrected chi connectivity index (χ1v) is 10.1. The van der Waals surface area contributed by atoms with Gasteiger partial charge in [-0.05, 0) is 17.7 Å². The Bertz CT molecular complexity index is 1240. The van der Waals surface area contributed by atoms with Gasteiger partial charge >= 0.3 is 6.61 Å². The summed E-state index contributed by atoms with van der Waals surface area (Å²) in [6.07, 6.45) is 0.0375. The molecule has 0 saturated heterocycles. The zero-order valence-electron chi connectivity index (χ0n) is 16.9. The van der Waals surface area contributed by atoms with Crippen LogP contribution in [0.15, 0.2) is 48.5 Å². The van der Waals surface area contributed by atoms with Crippen molar-refractivity contribution in [1.29, 1.82) is 0 Å². The average molecular weight is 481 g/mol. The second kappa shape index (κ2) is 8.57. The molecule has 1 aliphatic rings. The van der Waals surface area contributed by atoms with Gasteiger partial charge in [0.25, 0.3) is 0 Å². The lowest BCUT2D eigenvalue weighted by Crippen LogP contribution is -2.39. The Hall–Kier alpha value is -3.30. The van der Waals surface area contributed by atoms with Gasteiger partial charge in [-0.15, -0.1) is 0 Å². The summed E-state index contributed by atoms with van der Waals surface area (Å²) in [5, 5.41) is -0.533. The van der Waals surface area contributed by atoms with Gasteiger partial charge in [0.2, 0.25) is 5.91 Å². The first kappa shape index (κ1) is 22.9. The Morgan fingerprint density at radius 3 is 2.45 bits per heavy atom. The number of fused-ring (bicyclic) bond motifs is 1. The van der Waals surface area contributed by atoms with Crippen LogP contribution >= 0.6 is 11.6 Å². The van der Waals surface area contributed by atoms with E-state index in [0.717, 1.165) is 18.2 Å². The highest BCUT2D eigenvalue weighted by atomic mass is 35.5. The van der Waals surface area contributed by atoms with E-state index in [1.54, 1.807) is 30.3 Å². The molecule has 0 aromatic heterocycles. The van der Waals surface area contributed by atoms with E-state index in [-0.39, 0.29) is 29.8 Å². The molecule has 1 aliphatic heterocycles. The van der Waals surface area contributed by atoms with Crippen LogP contribution in [0.3, 0.4) is 0 Å². The fourth-order valence-electron chi connectivity index (χ4n) is 4.03. The number of halogens is 5. The quantitative estimate of drug-likeness (QED) is 0.497. The van der Waals surface area contributed by atoms with Gasteiger partial charge in [0.05, 0.1) is 10.6 Å². The fourth-order valence-corrected chi connectivity index (χ4v) is 4.29. The number of rotatable bonds is 6. The van der Waals surface area contributed by atoms with Crippen molar-refractivity contribution in [1.82, 2.24) is 0 Å². The molecular weight excluding hydrogens is 464 g/mol. The third-order valence-electron chi connectivity index (χ3n) is 5.52. The molecule has 0 aliphatic carbocycles. The van der Waals surface area contributed by atoms with E-state index in [1.165, 1.54) is 0 Å². The maximum Gasteiger partial charge on any atom is 0.387 e. The number of alkyl halides is 2. The lowest BCUT2D eigenvalue weighted by molar-refractivity contribution is -0.0521. The lowest BCUT2D eigenvalue weighted by atomic mass is 9.85. The average Bonchev–Trinajstić information content (AvgIpc) is 3.16. The highest BCUT2D eigenvalue weighted by molar-refractivity contribution is 6.34. The molecule has 1 amide bonds. The number of carbonyl (C=O) groups excluding carboxylic acids is 1. The van der Waals surface area contributed by atoms with Gasteiger partial charge in [-0.3, -0.25) is 4.79 Å². The van der Waals surface area contributed by atoms with Gasteiger partial charge in [0, 0.05) is 35.7 Å². The van der Waals surface area contributed by atoms with Gasteiger partial charge in [0.1, 0.15) is 11.6 Å². The smallest absolute Gasteiger partial charge is 0.387 e. The van der Waals surface area contributed by atoms with E-state index in [0.29, 0.717) is 5.56 Å². The van der Waals surface area contributed by atoms with Crippen LogP contribution in [0, 0.1) is 11.6 Å². The molecule has 4 rings (SSSR count). The molecule has 3 aromatic carbocycles. The number of primary amides is 1. The fraction of sp³-hybridized carbons (Fsp3) is 0.174. The van der Waals surface area contributed by atoms with Crippen molar-refractivity contribution in [3.8, 4) is 22.6 Å². The number of ether oxygens (including phenoxy) is 2. The molecule has 0 fully saturated rings. The highest BCUT2D eigenvalue weighted by Gasteiger charge is 2.43. The van der Waals surface area contributed by atoms with E-state index in [4.69, 9.17) is 27.8 Å². The summed E-state index contributed by atoms with van der Waals surface area (Å²) in [5.41, 5.74) is 10.0. The van der Waals surface area contributed by atoms with Crippen molar-refractivity contribution in [2.45, 2.75) is 18.6 Å². The molecule has 10 heteroatoms. The molecule has 1 atom stereocenters. The summed E-state index contributed by atoms with van der Waals surface area (Å²) in [7, 11) is 0. The summed E-state index contributed by atoms with van der Waals surface area (Å²) in [6.45, 7) is -3.36. The van der Waals surface area contributed by atoms with Crippen molar-refractivity contribution in [3.05, 3.63) is 81.9 Å². The third-order valence-corrected chi connectivity index (χ3v) is 5.89. The molecule has 0 spiro atoms. The molecule has 1 heterocycles. The zero-order chi connectivity index (χ0) is 23.9. The number of nitrogens with two attached hydrogens (primary N) is 2. The number of benzene rings is 3. The first-order valence-electron chi connectivity index (χ1n) is 9.71. The van der Waals surface area contributed by atoms with Crippen LogP contribution in [0.1, 0.15) is 21.5 Å². The Balaban J connectivity index is 1.99. The summed E-state index contributed by atoms with van der Waals surface area (Å²) in [6, 6.07) is 11.7. The molecule has 3 aromatic rings. The maximum atomic E-state index is 15.4. The van der Waals surface area contributed by atoms with Gasteiger partial charge in [-0.1, -0.05) is 41.9 Å². The summed E-state index contributed by atoms with van der Waals surface area (Å²) in [4.78, 5) is 12.1. The van der Waals surface area contributed by atoms with E-state index < -0.39 is 51.7 Å². The predicted octanol–water partition coefficient (Wildman–Crippen LogP) is 4.77. The van der Waals surface area contributed by atoms with Crippen LogP contribution in [0.25, 0.3) is 11.1 Å². The Morgan fingerprint density at radius 2 is 1.85 bits per heavy atom. The minimum absolute atomic E-state index is 0.0237. The summed E-state index contributed by atoms with van der Waals surface area (Å²) >= 11 is 6.23. The molecule has 5 nitrogen and oxygen atoms in total. The molecule has 0 radical (unpaired) electrons. The van der Waals surface area contributed by atoms with Crippen molar-refractivity contribution >= 4 is 17.5 Å². The van der Waals surface area contributed by atoms with Crippen molar-refractivity contribution in [2.75, 3.05) is 6.54 Å². The largest absolute Gasteiger partial charge is 0.480 e. The normalized spacial score (nSPS) is 17.1. The van der Waals surface area contributed by atoms with E-state index in [1.807, 2.05) is 0 Å². The number of amides is 1. The van der Waals surface area contributed by atoms with Crippen molar-refractivity contribution in [3.63, 3.8) is 0 Å². The van der Waals surface area contributed by atoms with Gasteiger partial charge in [-0.25, -0.2) is 8.78 Å². The van der Waals surface area contributed by atoms with Crippen LogP contribution in [-0.2, 0) is 12.0 Å². The van der Waals surface area contributed by atoms with E-state index in [9.17, 15) is 18.0 Å². The summed E-state index contributed by atoms with van der Waals surface area (Å²) < 4.78 is 66.1. The third kappa shape index (κ3) is 3.87. The minimum Gasteiger partial charge on any atom is -0.480 e. The lowest BCUT2D eigenvalue weighted by Gasteiger charge is -2.27. The molecule has 33 heavy (non-hydrogen) atoms. The summed E-state index contributed by atoms with van der Waals surface area (Å²) in [5.74, 6) is -4.22. The van der Waals surface area contributed by atoms with Crippen LogP contribution < -0.4 is 20.9 Å². The standard InChI is InChI=1S/C23H17ClF4N2O3/c24-19-14(25)8-16-13(9-23(10-29,33-16)11-4-2-1-3-5-11)17(19)18-12(21(30)31)6-7-15(20(18)26)32-22(27)28/h1-8,22H,9-10,29H2,(H2,30,31). The second-order valence-electron chi connectivity index (χ2n) is 7.41. The second-order valence-corrected chi connectivity index (χ2v) is 7.79. The van der Waals surface area contributed by atoms with E-state index >= 15 is 4.39 Å². The molecule has 1 unspecified atom stereocenters. The molecule has 0 bridgehead atoms. The van der Waals surface area contributed by atoms with Crippen LogP contribution in [-0.4, -0.2) is 19.1 Å². The number of carbonyl (C=O) groups is 1. The Morgan fingerprint density at radius 1 is 1.15 bits per heavy atom. The minimum atomic E-state index is -3.34. The maximum absolute atomic E-state index is 15.4. The van der Waals surface area contributed by atoms with Gasteiger partial charge < -0.3 is 20.9 Å².